The molecule has 6 rings (SSSR count). The van der Waals surface area contributed by atoms with Crippen LogP contribution in [0.1, 0.15) is 54.9 Å². The normalized spacial score (nSPS) is 15.5. The maximum absolute atomic E-state index is 12.0. The lowest BCUT2D eigenvalue weighted by atomic mass is 9.73. The number of oxazole rings is 1. The Morgan fingerprint density at radius 3 is 1.88 bits per heavy atom. The number of fused-ring (bicyclic) bond motifs is 1. The summed E-state index contributed by atoms with van der Waals surface area (Å²) in [7, 11) is -4.59. The number of likely N-dealkylation sites (N-methyl/N-ethyl adjacent to an activating group) is 1. The van der Waals surface area contributed by atoms with Crippen LogP contribution in [-0.2, 0) is 43.5 Å². The van der Waals surface area contributed by atoms with Gasteiger partial charge in [0, 0.05) is 16.7 Å². The second-order valence-electron chi connectivity index (χ2n) is 13.8. The molecule has 1 aromatic heterocycles. The number of aromatic nitrogens is 1. The number of hydrogen-bond donors (Lipinski definition) is 3. The number of benzene rings is 4. The first-order valence-electron chi connectivity index (χ1n) is 17.3. The summed E-state index contributed by atoms with van der Waals surface area (Å²) in [5, 5.41) is 12.0. The van der Waals surface area contributed by atoms with Crippen LogP contribution in [0.25, 0.3) is 10.8 Å². The molecule has 13 heteroatoms. The third-order valence-electron chi connectivity index (χ3n) is 9.49. The Hall–Kier alpha value is -3.95. The van der Waals surface area contributed by atoms with Crippen molar-refractivity contribution in [1.82, 2.24) is 4.98 Å². The Balaban J connectivity index is 0.000000244. The number of quaternary nitrogens is 1. The molecule has 1 fully saturated rings. The van der Waals surface area contributed by atoms with Crippen molar-refractivity contribution in [3.63, 3.8) is 0 Å². The number of ether oxygens (including phenoxy) is 1. The molecule has 1 aliphatic rings. The molecule has 5 aromatic rings. The monoisotopic (exact) mass is 751 g/mol. The largest absolute Gasteiger partial charge is 0.436 e. The van der Waals surface area contributed by atoms with Crippen molar-refractivity contribution in [2.75, 3.05) is 33.9 Å². The molecule has 278 valence electrons. The van der Waals surface area contributed by atoms with Gasteiger partial charge in [-0.25, -0.2) is 4.98 Å². The van der Waals surface area contributed by atoms with Crippen molar-refractivity contribution in [1.29, 1.82) is 0 Å². The molecule has 0 amide bonds. The third kappa shape index (κ3) is 9.92. The van der Waals surface area contributed by atoms with Crippen molar-refractivity contribution in [2.24, 2.45) is 5.92 Å². The van der Waals surface area contributed by atoms with Crippen molar-refractivity contribution < 1.29 is 44.7 Å². The summed E-state index contributed by atoms with van der Waals surface area (Å²) in [6.07, 6.45) is 8.22. The van der Waals surface area contributed by atoms with Crippen LogP contribution in [0.5, 0.6) is 0 Å². The minimum Gasteiger partial charge on any atom is -0.436 e. The molecule has 1 saturated carbocycles. The van der Waals surface area contributed by atoms with E-state index in [0.717, 1.165) is 73.2 Å². The summed E-state index contributed by atoms with van der Waals surface area (Å²) in [5.74, 6) is 1.35. The Morgan fingerprint density at radius 2 is 1.33 bits per heavy atom. The van der Waals surface area contributed by atoms with Gasteiger partial charge >= 0.3 is 0 Å². The number of nitrogens with zero attached hydrogens (tertiary/aromatic N) is 2. The van der Waals surface area contributed by atoms with E-state index in [2.05, 4.69) is 43.3 Å². The minimum absolute atomic E-state index is 0.0233. The topological polar surface area (TPSA) is 164 Å². The summed E-state index contributed by atoms with van der Waals surface area (Å²) in [4.78, 5) is 3.79. The molecule has 0 radical (unpaired) electrons. The van der Waals surface area contributed by atoms with E-state index in [-0.39, 0.29) is 16.7 Å². The fraction of sp³-hybridized carbons (Fsp3) is 0.359. The molecule has 1 heterocycles. The van der Waals surface area contributed by atoms with E-state index in [1.54, 1.807) is 6.20 Å². The zero-order valence-electron chi connectivity index (χ0n) is 29.5. The molecular weight excluding hydrogens is 705 g/mol. The van der Waals surface area contributed by atoms with E-state index < -0.39 is 35.6 Å². The first-order valence-corrected chi connectivity index (χ1v) is 20.2. The predicted molar refractivity (Wildman–Crippen MR) is 198 cm³/mol. The predicted octanol–water partition coefficient (Wildman–Crippen LogP) is 6.66. The first-order chi connectivity index (χ1) is 24.7. The third-order valence-corrected chi connectivity index (χ3v) is 11.3. The van der Waals surface area contributed by atoms with Gasteiger partial charge in [-0.1, -0.05) is 104 Å². The van der Waals surface area contributed by atoms with Gasteiger partial charge in [0.05, 0.1) is 33.5 Å². The van der Waals surface area contributed by atoms with Gasteiger partial charge in [0.1, 0.15) is 22.9 Å². The molecule has 4 aromatic carbocycles. The van der Waals surface area contributed by atoms with Crippen LogP contribution >= 0.6 is 0 Å². The summed E-state index contributed by atoms with van der Waals surface area (Å²) in [6, 6.07) is 27.9. The molecule has 0 aliphatic heterocycles. The zero-order valence-corrected chi connectivity index (χ0v) is 31.1. The highest BCUT2D eigenvalue weighted by Crippen LogP contribution is 2.43. The second kappa shape index (κ2) is 16.8. The quantitative estimate of drug-likeness (QED) is 0.0674. The Labute approximate surface area is 306 Å². The summed E-state index contributed by atoms with van der Waals surface area (Å²) in [6.45, 7) is 2.99. The van der Waals surface area contributed by atoms with Gasteiger partial charge < -0.3 is 18.7 Å². The molecule has 1 atom stereocenters. The van der Waals surface area contributed by atoms with E-state index in [1.807, 2.05) is 36.4 Å². The Bertz CT molecular complexity index is 2060. The molecule has 0 bridgehead atoms. The van der Waals surface area contributed by atoms with Crippen molar-refractivity contribution >= 4 is 31.0 Å². The molecule has 52 heavy (non-hydrogen) atoms. The van der Waals surface area contributed by atoms with Gasteiger partial charge in [0.2, 0.25) is 5.89 Å². The van der Waals surface area contributed by atoms with Crippen LogP contribution in [0, 0.1) is 5.92 Å². The first kappa shape index (κ1) is 39.3. The maximum atomic E-state index is 12.0. The minimum atomic E-state index is -4.47. The van der Waals surface area contributed by atoms with Gasteiger partial charge in [0.25, 0.3) is 20.2 Å². The second-order valence-corrected chi connectivity index (χ2v) is 16.6. The van der Waals surface area contributed by atoms with E-state index in [0.29, 0.717) is 19.0 Å². The van der Waals surface area contributed by atoms with Crippen LogP contribution in [0.4, 0.5) is 0 Å². The lowest BCUT2D eigenvalue weighted by molar-refractivity contribution is -0.904. The summed E-state index contributed by atoms with van der Waals surface area (Å²) >= 11 is 0. The van der Waals surface area contributed by atoms with Crippen molar-refractivity contribution in [3.8, 4) is 0 Å². The van der Waals surface area contributed by atoms with Crippen molar-refractivity contribution in [3.05, 3.63) is 126 Å². The molecule has 0 saturated heterocycles. The van der Waals surface area contributed by atoms with Gasteiger partial charge in [-0.15, -0.1) is 0 Å². The maximum Gasteiger partial charge on any atom is 0.295 e. The van der Waals surface area contributed by atoms with E-state index in [1.165, 1.54) is 36.2 Å². The van der Waals surface area contributed by atoms with Gasteiger partial charge in [-0.2, -0.15) is 16.8 Å². The molecule has 3 N–H and O–H groups in total. The smallest absolute Gasteiger partial charge is 0.295 e. The van der Waals surface area contributed by atoms with Gasteiger partial charge in [-0.3, -0.25) is 9.11 Å². The standard InChI is InChI=1S/C29H39N2O3.C10H8O6S2/c1-31(2,19-21-33-20-18-24-12-6-3-7-13-24)23-27-22-30-28(34-27)29(32,25-14-8-4-9-15-25)26-16-10-5-11-17-26;11-17(12,13)9-5-1-3-7-8(9)4-2-6-10(7)18(14,15)16/h3-4,6-9,12-15,22,26,32H,5,10-11,16-21,23H2,1-2H3;1-6H,(H,11,12,13)(H,14,15,16)/q+1;/t29-;/m0./s1. The Kier molecular flexibility index (Phi) is 12.7. The average Bonchev–Trinajstić information content (AvgIpc) is 3.59. The highest BCUT2D eigenvalue weighted by atomic mass is 32.2. The van der Waals surface area contributed by atoms with Crippen LogP contribution < -0.4 is 0 Å². The van der Waals surface area contributed by atoms with Gasteiger partial charge in [-0.05, 0) is 42.5 Å². The molecule has 0 unspecified atom stereocenters. The molecule has 1 aliphatic carbocycles. The van der Waals surface area contributed by atoms with Crippen molar-refractivity contribution in [2.45, 2.75) is 60.5 Å². The summed E-state index contributed by atoms with van der Waals surface area (Å²) in [5.41, 5.74) is 0.989. The number of aliphatic hydroxyl groups is 1. The summed E-state index contributed by atoms with van der Waals surface area (Å²) < 4.78 is 75.6. The highest BCUT2D eigenvalue weighted by molar-refractivity contribution is 7.86. The van der Waals surface area contributed by atoms with Gasteiger partial charge in [0.15, 0.2) is 11.4 Å². The number of rotatable bonds is 13. The fourth-order valence-electron chi connectivity index (χ4n) is 6.75. The SMILES string of the molecule is C[N+](C)(CCOCCc1ccccc1)Cc1cnc([C@](O)(c2ccccc2)C2CCCCC2)o1.O=S(=O)(O)c1cccc2c(S(=O)(=O)O)cccc12. The van der Waals surface area contributed by atoms with Crippen LogP contribution in [0.3, 0.4) is 0 Å². The highest BCUT2D eigenvalue weighted by Gasteiger charge is 2.45. The molecular formula is C39H47N2O9S2+. The van der Waals surface area contributed by atoms with Crippen LogP contribution in [-0.4, -0.2) is 74.4 Å². The lowest BCUT2D eigenvalue weighted by Gasteiger charge is -2.36. The fourth-order valence-corrected chi connectivity index (χ4v) is 8.17. The molecule has 11 nitrogen and oxygen atoms in total. The Morgan fingerprint density at radius 1 is 0.769 bits per heavy atom. The molecule has 0 spiro atoms. The average molecular weight is 752 g/mol. The zero-order chi connectivity index (χ0) is 37.4. The number of hydrogen-bond acceptors (Lipinski definition) is 8. The lowest BCUT2D eigenvalue weighted by Crippen LogP contribution is -2.41. The van der Waals surface area contributed by atoms with E-state index in [9.17, 15) is 21.9 Å². The van der Waals surface area contributed by atoms with E-state index >= 15 is 0 Å². The van der Waals surface area contributed by atoms with E-state index in [4.69, 9.17) is 18.3 Å². The van der Waals surface area contributed by atoms with Crippen LogP contribution in [0.15, 0.2) is 117 Å². The van der Waals surface area contributed by atoms with Crippen LogP contribution in [0.2, 0.25) is 0 Å².